The lowest BCUT2D eigenvalue weighted by Crippen LogP contribution is -2.27. The van der Waals surface area contributed by atoms with Gasteiger partial charge in [-0.3, -0.25) is 8.98 Å². The number of nitrogens with two attached hydrogens (primary N) is 1. The molecule has 0 bridgehead atoms. The van der Waals surface area contributed by atoms with E-state index in [9.17, 15) is 22.0 Å². The van der Waals surface area contributed by atoms with Crippen molar-refractivity contribution in [2.75, 3.05) is 19.0 Å². The fourth-order valence-electron chi connectivity index (χ4n) is 4.19. The van der Waals surface area contributed by atoms with Crippen LogP contribution in [-0.2, 0) is 21.0 Å². The van der Waals surface area contributed by atoms with Gasteiger partial charge < -0.3 is 14.6 Å². The number of carbonyl (C=O) groups excluding carboxylic acids is 1. The molecule has 1 aliphatic carbocycles. The molecule has 13 heteroatoms. The molecule has 0 radical (unpaired) electrons. The maximum Gasteiger partial charge on any atom is 0.333 e. The highest BCUT2D eigenvalue weighted by atomic mass is 32.2. The van der Waals surface area contributed by atoms with Crippen molar-refractivity contribution in [1.29, 1.82) is 0 Å². The van der Waals surface area contributed by atoms with Gasteiger partial charge >= 0.3 is 10.3 Å². The van der Waals surface area contributed by atoms with E-state index in [-0.39, 0.29) is 48.3 Å². The number of nitrogens with zero attached hydrogens (tertiary/aromatic N) is 3. The van der Waals surface area contributed by atoms with Gasteiger partial charge in [-0.25, -0.2) is 23.9 Å². The standard InChI is InChI=1S/C23H25F2N5O5S/c1-34-21-8-14(2-3-18(21)24)10-30-5-4-16(11-30)22(31)17-9-27-13-28-23(17)29-20-7-15(6-19(20)25)12-35-36(26,32)33/h2-5,8-9,11,13,15,19-20H,6-7,10,12H2,1H3,(H2,26,32,33)(H,27,28,29). The molecule has 0 spiro atoms. The second-order valence-corrected chi connectivity index (χ2v) is 9.76. The van der Waals surface area contributed by atoms with Gasteiger partial charge in [0.1, 0.15) is 18.3 Å². The first-order valence-corrected chi connectivity index (χ1v) is 12.5. The zero-order chi connectivity index (χ0) is 25.9. The molecule has 36 heavy (non-hydrogen) atoms. The summed E-state index contributed by atoms with van der Waals surface area (Å²) in [5.74, 6) is -0.891. The Morgan fingerprint density at radius 2 is 2.11 bits per heavy atom. The van der Waals surface area contributed by atoms with Crippen LogP contribution < -0.4 is 15.2 Å². The number of hydrogen-bond acceptors (Lipinski definition) is 8. The van der Waals surface area contributed by atoms with Crippen LogP contribution in [0.5, 0.6) is 5.75 Å². The Bertz CT molecular complexity index is 1350. The van der Waals surface area contributed by atoms with Crippen LogP contribution in [-0.4, -0.2) is 54.7 Å². The maximum atomic E-state index is 14.6. The molecule has 192 valence electrons. The summed E-state index contributed by atoms with van der Waals surface area (Å²) in [5, 5.41) is 7.80. The third-order valence-electron chi connectivity index (χ3n) is 5.92. The Hall–Kier alpha value is -3.42. The minimum absolute atomic E-state index is 0.0819. The molecule has 0 amide bonds. The lowest BCUT2D eigenvalue weighted by atomic mass is 10.1. The van der Waals surface area contributed by atoms with Gasteiger partial charge in [-0.05, 0) is 42.5 Å². The number of nitrogens with one attached hydrogen (secondary N) is 1. The van der Waals surface area contributed by atoms with Gasteiger partial charge in [-0.2, -0.15) is 8.42 Å². The van der Waals surface area contributed by atoms with Crippen LogP contribution >= 0.6 is 0 Å². The fourth-order valence-corrected chi connectivity index (χ4v) is 4.57. The Morgan fingerprint density at radius 1 is 1.31 bits per heavy atom. The molecule has 4 rings (SSSR count). The first-order chi connectivity index (χ1) is 17.1. The number of ketones is 1. The summed E-state index contributed by atoms with van der Waals surface area (Å²) >= 11 is 0. The minimum atomic E-state index is -4.11. The molecule has 3 N–H and O–H groups in total. The minimum Gasteiger partial charge on any atom is -0.494 e. The van der Waals surface area contributed by atoms with Gasteiger partial charge in [0.15, 0.2) is 17.3 Å². The van der Waals surface area contributed by atoms with Crippen LogP contribution in [0.25, 0.3) is 0 Å². The summed E-state index contributed by atoms with van der Waals surface area (Å²) in [7, 11) is -2.72. The van der Waals surface area contributed by atoms with E-state index in [4.69, 9.17) is 9.88 Å². The molecule has 0 aliphatic heterocycles. The molecule has 2 aromatic heterocycles. The maximum absolute atomic E-state index is 14.6. The molecule has 1 saturated carbocycles. The molecule has 1 fully saturated rings. The van der Waals surface area contributed by atoms with Gasteiger partial charge in [0.2, 0.25) is 0 Å². The van der Waals surface area contributed by atoms with Crippen LogP contribution in [0.1, 0.15) is 34.3 Å². The second kappa shape index (κ2) is 10.7. The van der Waals surface area contributed by atoms with E-state index in [1.165, 1.54) is 25.7 Å². The van der Waals surface area contributed by atoms with E-state index < -0.39 is 28.3 Å². The molecular weight excluding hydrogens is 496 g/mol. The molecule has 3 atom stereocenters. The third-order valence-corrected chi connectivity index (χ3v) is 6.39. The number of halogens is 2. The topological polar surface area (TPSA) is 138 Å². The van der Waals surface area contributed by atoms with Crippen LogP contribution in [0.4, 0.5) is 14.6 Å². The first-order valence-electron chi connectivity index (χ1n) is 11.0. The van der Waals surface area contributed by atoms with Gasteiger partial charge in [-0.15, -0.1) is 0 Å². The molecular formula is C23H25F2N5O5S. The summed E-state index contributed by atoms with van der Waals surface area (Å²) in [4.78, 5) is 21.3. The molecule has 0 saturated heterocycles. The quantitative estimate of drug-likeness (QED) is 0.388. The molecule has 3 unspecified atom stereocenters. The summed E-state index contributed by atoms with van der Waals surface area (Å²) < 4.78 is 61.7. The van der Waals surface area contributed by atoms with Crippen LogP contribution in [0.15, 0.2) is 49.2 Å². The average molecular weight is 522 g/mol. The van der Waals surface area contributed by atoms with Crippen molar-refractivity contribution in [2.24, 2.45) is 11.1 Å². The highest BCUT2D eigenvalue weighted by Crippen LogP contribution is 2.32. The average Bonchev–Trinajstić information content (AvgIpc) is 3.45. The van der Waals surface area contributed by atoms with E-state index in [1.54, 1.807) is 35.2 Å². The van der Waals surface area contributed by atoms with Gasteiger partial charge in [0.25, 0.3) is 0 Å². The number of carbonyl (C=O) groups is 1. The van der Waals surface area contributed by atoms with E-state index in [0.717, 1.165) is 5.56 Å². The van der Waals surface area contributed by atoms with Crippen molar-refractivity contribution < 1.29 is 30.9 Å². The van der Waals surface area contributed by atoms with Crippen molar-refractivity contribution in [2.45, 2.75) is 31.6 Å². The van der Waals surface area contributed by atoms with E-state index >= 15 is 0 Å². The SMILES string of the molecule is COc1cc(Cn2ccc(C(=O)c3cncnc3NC3CC(COS(N)(=O)=O)CC3F)c2)ccc1F. The van der Waals surface area contributed by atoms with Crippen LogP contribution in [0.2, 0.25) is 0 Å². The Labute approximate surface area is 206 Å². The number of methoxy groups -OCH3 is 1. The number of aromatic nitrogens is 3. The number of alkyl halides is 1. The van der Waals surface area contributed by atoms with Crippen molar-refractivity contribution in [1.82, 2.24) is 14.5 Å². The van der Waals surface area contributed by atoms with E-state index in [2.05, 4.69) is 19.5 Å². The number of benzene rings is 1. The third kappa shape index (κ3) is 6.22. The summed E-state index contributed by atoms with van der Waals surface area (Å²) in [6.45, 7) is 0.161. The molecule has 1 aliphatic rings. The Morgan fingerprint density at radius 3 is 2.86 bits per heavy atom. The zero-order valence-electron chi connectivity index (χ0n) is 19.3. The normalized spacial score (nSPS) is 19.8. The van der Waals surface area contributed by atoms with Crippen molar-refractivity contribution in [3.63, 3.8) is 0 Å². The second-order valence-electron chi connectivity index (χ2n) is 8.54. The Kier molecular flexibility index (Phi) is 7.62. The van der Waals surface area contributed by atoms with Crippen molar-refractivity contribution >= 4 is 21.9 Å². The molecule has 1 aromatic carbocycles. The number of anilines is 1. The summed E-state index contributed by atoms with van der Waals surface area (Å²) in [6, 6.07) is 5.46. The molecule has 2 heterocycles. The van der Waals surface area contributed by atoms with Gasteiger partial charge in [-0.1, -0.05) is 6.07 Å². The fraction of sp³-hybridized carbons (Fsp3) is 0.348. The Balaban J connectivity index is 1.45. The highest BCUT2D eigenvalue weighted by Gasteiger charge is 2.36. The smallest absolute Gasteiger partial charge is 0.333 e. The number of ether oxygens (including phenoxy) is 1. The van der Waals surface area contributed by atoms with E-state index in [1.807, 2.05) is 0 Å². The predicted molar refractivity (Wildman–Crippen MR) is 126 cm³/mol. The molecule has 3 aromatic rings. The van der Waals surface area contributed by atoms with E-state index in [0.29, 0.717) is 12.1 Å². The zero-order valence-corrected chi connectivity index (χ0v) is 20.1. The lowest BCUT2D eigenvalue weighted by molar-refractivity contribution is 0.103. The summed E-state index contributed by atoms with van der Waals surface area (Å²) in [6.07, 6.45) is 5.00. The summed E-state index contributed by atoms with van der Waals surface area (Å²) in [5.41, 5.74) is 1.31. The lowest BCUT2D eigenvalue weighted by Gasteiger charge is -2.17. The van der Waals surface area contributed by atoms with Crippen LogP contribution in [0, 0.1) is 11.7 Å². The molecule has 10 nitrogen and oxygen atoms in total. The largest absolute Gasteiger partial charge is 0.494 e. The number of hydrogen-bond donors (Lipinski definition) is 2. The van der Waals surface area contributed by atoms with Crippen molar-refractivity contribution in [3.05, 3.63) is 71.7 Å². The van der Waals surface area contributed by atoms with Crippen molar-refractivity contribution in [3.8, 4) is 5.75 Å². The predicted octanol–water partition coefficient (Wildman–Crippen LogP) is 2.45. The van der Waals surface area contributed by atoms with Crippen LogP contribution in [0.3, 0.4) is 0 Å². The number of rotatable bonds is 10. The van der Waals surface area contributed by atoms with Gasteiger partial charge in [0.05, 0.1) is 25.3 Å². The monoisotopic (exact) mass is 521 g/mol. The highest BCUT2D eigenvalue weighted by molar-refractivity contribution is 7.84. The first kappa shape index (κ1) is 25.7. The van der Waals surface area contributed by atoms with Gasteiger partial charge in [0, 0.05) is 30.7 Å².